The van der Waals surface area contributed by atoms with E-state index in [1.165, 1.54) is 4.31 Å². The lowest BCUT2D eigenvalue weighted by molar-refractivity contribution is -0.120. The van der Waals surface area contributed by atoms with E-state index in [1.54, 1.807) is 6.92 Å². The van der Waals surface area contributed by atoms with Gasteiger partial charge in [0.1, 0.15) is 0 Å². The van der Waals surface area contributed by atoms with Crippen LogP contribution in [0.1, 0.15) is 19.8 Å². The molecule has 6 heteroatoms. The topological polar surface area (TPSA) is 66.5 Å². The molecule has 2 aromatic carbocycles. The van der Waals surface area contributed by atoms with Gasteiger partial charge in [-0.05, 0) is 42.7 Å². The Balaban J connectivity index is 1.71. The van der Waals surface area contributed by atoms with Gasteiger partial charge >= 0.3 is 0 Å². The van der Waals surface area contributed by atoms with Gasteiger partial charge in [-0.25, -0.2) is 12.7 Å². The van der Waals surface area contributed by atoms with Gasteiger partial charge in [-0.15, -0.1) is 0 Å². The third-order valence-corrected chi connectivity index (χ3v) is 6.38. The lowest BCUT2D eigenvalue weighted by atomic mass is 9.98. The Kier molecular flexibility index (Phi) is 4.87. The molecule has 24 heavy (non-hydrogen) atoms. The molecule has 1 atom stereocenters. The summed E-state index contributed by atoms with van der Waals surface area (Å²) in [5.41, 5.74) is 0.745. The van der Waals surface area contributed by atoms with Gasteiger partial charge in [0.15, 0.2) is 0 Å². The molecule has 0 spiro atoms. The van der Waals surface area contributed by atoms with Crippen LogP contribution in [0.15, 0.2) is 42.5 Å². The van der Waals surface area contributed by atoms with Crippen molar-refractivity contribution in [2.45, 2.75) is 19.8 Å². The molecule has 1 unspecified atom stereocenters. The average molecular weight is 346 g/mol. The van der Waals surface area contributed by atoms with Crippen LogP contribution in [0.3, 0.4) is 0 Å². The number of hydrogen-bond donors (Lipinski definition) is 1. The molecule has 0 radical (unpaired) electrons. The molecular formula is C18H22N2O3S. The van der Waals surface area contributed by atoms with E-state index in [1.807, 2.05) is 42.5 Å². The second kappa shape index (κ2) is 6.91. The molecule has 0 aliphatic carbocycles. The van der Waals surface area contributed by atoms with Crippen LogP contribution < -0.4 is 5.32 Å². The molecule has 5 nitrogen and oxygen atoms in total. The largest absolute Gasteiger partial charge is 0.326 e. The van der Waals surface area contributed by atoms with E-state index in [0.29, 0.717) is 6.54 Å². The van der Waals surface area contributed by atoms with Crippen LogP contribution in [-0.2, 0) is 14.8 Å². The maximum absolute atomic E-state index is 12.5. The average Bonchev–Trinajstić information content (AvgIpc) is 2.61. The van der Waals surface area contributed by atoms with Crippen molar-refractivity contribution in [3.63, 3.8) is 0 Å². The SMILES string of the molecule is CCS(=O)(=O)N1CCCC(C(=O)Nc2ccc3ccccc3c2)C1. The first-order valence-corrected chi connectivity index (χ1v) is 9.88. The Hall–Kier alpha value is -1.92. The summed E-state index contributed by atoms with van der Waals surface area (Å²) in [5.74, 6) is -0.334. The molecule has 1 aliphatic heterocycles. The number of carbonyl (C=O) groups is 1. The van der Waals surface area contributed by atoms with Crippen molar-refractivity contribution in [1.82, 2.24) is 4.31 Å². The summed E-state index contributed by atoms with van der Waals surface area (Å²) in [6.45, 7) is 2.42. The van der Waals surface area contributed by atoms with Crippen LogP contribution in [0.5, 0.6) is 0 Å². The molecule has 0 saturated carbocycles. The monoisotopic (exact) mass is 346 g/mol. The molecule has 2 aromatic rings. The van der Waals surface area contributed by atoms with E-state index < -0.39 is 10.0 Å². The third-order valence-electron chi connectivity index (χ3n) is 4.53. The number of anilines is 1. The highest BCUT2D eigenvalue weighted by Crippen LogP contribution is 2.23. The molecule has 1 N–H and O–H groups in total. The minimum atomic E-state index is -3.24. The summed E-state index contributed by atoms with van der Waals surface area (Å²) < 4.78 is 25.5. The lowest BCUT2D eigenvalue weighted by Gasteiger charge is -2.30. The van der Waals surface area contributed by atoms with Crippen molar-refractivity contribution in [1.29, 1.82) is 0 Å². The molecule has 0 aromatic heterocycles. The minimum absolute atomic E-state index is 0.0754. The predicted molar refractivity (Wildman–Crippen MR) is 96.3 cm³/mol. The fourth-order valence-corrected chi connectivity index (χ4v) is 4.28. The van der Waals surface area contributed by atoms with Crippen LogP contribution >= 0.6 is 0 Å². The van der Waals surface area contributed by atoms with Gasteiger partial charge in [0.05, 0.1) is 11.7 Å². The first kappa shape index (κ1) is 16.9. The van der Waals surface area contributed by atoms with Crippen molar-refractivity contribution >= 4 is 32.4 Å². The van der Waals surface area contributed by atoms with E-state index in [4.69, 9.17) is 0 Å². The molecule has 1 aliphatic rings. The number of piperidine rings is 1. The fraction of sp³-hybridized carbons (Fsp3) is 0.389. The number of benzene rings is 2. The number of rotatable bonds is 4. The van der Waals surface area contributed by atoms with Crippen LogP contribution in [-0.4, -0.2) is 37.5 Å². The Morgan fingerprint density at radius 1 is 1.21 bits per heavy atom. The summed E-state index contributed by atoms with van der Waals surface area (Å²) >= 11 is 0. The molecule has 1 fully saturated rings. The number of fused-ring (bicyclic) bond motifs is 1. The number of nitrogens with one attached hydrogen (secondary N) is 1. The maximum Gasteiger partial charge on any atom is 0.228 e. The second-order valence-electron chi connectivity index (χ2n) is 6.15. The smallest absolute Gasteiger partial charge is 0.228 e. The minimum Gasteiger partial charge on any atom is -0.326 e. The van der Waals surface area contributed by atoms with Crippen molar-refractivity contribution in [2.24, 2.45) is 5.92 Å². The predicted octanol–water partition coefficient (Wildman–Crippen LogP) is 2.84. The van der Waals surface area contributed by atoms with Crippen LogP contribution in [0.2, 0.25) is 0 Å². The highest BCUT2D eigenvalue weighted by molar-refractivity contribution is 7.89. The number of amides is 1. The van der Waals surface area contributed by atoms with Gasteiger partial charge in [0.25, 0.3) is 0 Å². The zero-order chi connectivity index (χ0) is 17.2. The fourth-order valence-electron chi connectivity index (χ4n) is 3.10. The molecule has 1 saturated heterocycles. The van der Waals surface area contributed by atoms with E-state index in [0.717, 1.165) is 29.3 Å². The van der Waals surface area contributed by atoms with E-state index >= 15 is 0 Å². The standard InChI is InChI=1S/C18H22N2O3S/c1-2-24(22,23)20-11-5-8-16(13-20)18(21)19-17-10-9-14-6-3-4-7-15(14)12-17/h3-4,6-7,9-10,12,16H,2,5,8,11,13H2,1H3,(H,19,21). The van der Waals surface area contributed by atoms with Crippen molar-refractivity contribution in [2.75, 3.05) is 24.2 Å². The summed E-state index contributed by atoms with van der Waals surface area (Å²) in [6.07, 6.45) is 1.43. The quantitative estimate of drug-likeness (QED) is 0.926. The van der Waals surface area contributed by atoms with Gasteiger partial charge < -0.3 is 5.32 Å². The van der Waals surface area contributed by atoms with Crippen LogP contribution in [0, 0.1) is 5.92 Å². The number of nitrogens with zero attached hydrogens (tertiary/aromatic N) is 1. The lowest BCUT2D eigenvalue weighted by Crippen LogP contribution is -2.44. The van der Waals surface area contributed by atoms with Gasteiger partial charge in [0, 0.05) is 18.8 Å². The molecule has 1 heterocycles. The highest BCUT2D eigenvalue weighted by Gasteiger charge is 2.31. The Labute approximate surface area is 142 Å². The van der Waals surface area contributed by atoms with Gasteiger partial charge in [0.2, 0.25) is 15.9 Å². The maximum atomic E-state index is 12.5. The molecule has 0 bridgehead atoms. The number of hydrogen-bond acceptors (Lipinski definition) is 3. The van der Waals surface area contributed by atoms with Crippen molar-refractivity contribution < 1.29 is 13.2 Å². The van der Waals surface area contributed by atoms with Crippen LogP contribution in [0.25, 0.3) is 10.8 Å². The second-order valence-corrected chi connectivity index (χ2v) is 8.41. The van der Waals surface area contributed by atoms with Crippen LogP contribution in [0.4, 0.5) is 5.69 Å². The van der Waals surface area contributed by atoms with Gasteiger partial charge in [-0.3, -0.25) is 4.79 Å². The van der Waals surface area contributed by atoms with Crippen molar-refractivity contribution in [3.8, 4) is 0 Å². The summed E-state index contributed by atoms with van der Waals surface area (Å²) in [5, 5.41) is 5.12. The molecule has 1 amide bonds. The zero-order valence-corrected chi connectivity index (χ0v) is 14.6. The highest BCUT2D eigenvalue weighted by atomic mass is 32.2. The normalized spacial score (nSPS) is 19.3. The molecule has 128 valence electrons. The molecule has 3 rings (SSSR count). The van der Waals surface area contributed by atoms with Crippen molar-refractivity contribution in [3.05, 3.63) is 42.5 Å². The van der Waals surface area contributed by atoms with E-state index in [-0.39, 0.29) is 24.1 Å². The van der Waals surface area contributed by atoms with E-state index in [2.05, 4.69) is 5.32 Å². The Morgan fingerprint density at radius 2 is 1.96 bits per heavy atom. The summed E-state index contributed by atoms with van der Waals surface area (Å²) in [4.78, 5) is 12.5. The first-order valence-electron chi connectivity index (χ1n) is 8.27. The zero-order valence-electron chi connectivity index (χ0n) is 13.7. The first-order chi connectivity index (χ1) is 11.5. The molecular weight excluding hydrogens is 324 g/mol. The third kappa shape index (κ3) is 3.60. The van der Waals surface area contributed by atoms with Gasteiger partial charge in [-0.2, -0.15) is 0 Å². The summed E-state index contributed by atoms with van der Waals surface area (Å²) in [6, 6.07) is 13.8. The van der Waals surface area contributed by atoms with E-state index in [9.17, 15) is 13.2 Å². The Morgan fingerprint density at radius 3 is 2.71 bits per heavy atom. The number of sulfonamides is 1. The summed E-state index contributed by atoms with van der Waals surface area (Å²) in [7, 11) is -3.24. The van der Waals surface area contributed by atoms with Gasteiger partial charge in [-0.1, -0.05) is 30.3 Å². The number of carbonyl (C=O) groups excluding carboxylic acids is 1. The Bertz CT molecular complexity index is 848.